The third kappa shape index (κ3) is 2.97. The van der Waals surface area contributed by atoms with Crippen LogP contribution in [0.15, 0.2) is 59.2 Å². The van der Waals surface area contributed by atoms with Gasteiger partial charge in [0.25, 0.3) is 0 Å². The van der Waals surface area contributed by atoms with Crippen molar-refractivity contribution in [3.63, 3.8) is 0 Å². The monoisotopic (exact) mass is 345 g/mol. The maximum Gasteiger partial charge on any atom is 0.147 e. The van der Waals surface area contributed by atoms with Gasteiger partial charge in [0, 0.05) is 16.6 Å². The number of rotatable bonds is 4. The molecule has 0 aliphatic carbocycles. The number of anilines is 1. The lowest BCUT2D eigenvalue weighted by Crippen LogP contribution is -2.02. The Hall–Kier alpha value is -2.14. The number of hydrogen-bond donors (Lipinski definition) is 2. The summed E-state index contributed by atoms with van der Waals surface area (Å²) < 4.78 is 14.5. The number of halogens is 2. The molecule has 0 bridgehead atoms. The predicted octanol–water partition coefficient (Wildman–Crippen LogP) is 4.59. The molecule has 106 valence electrons. The standard InChI is InChI=1S/C16H13BrFN3/c17-13-7-4-8-14(18)16(13)19-9-12-10-20-21-15(12)11-5-2-1-3-6-11/h1-8,10,19H,9H2,(H,20,21). The normalized spacial score (nSPS) is 10.6. The molecule has 0 radical (unpaired) electrons. The number of aromatic nitrogens is 2. The Morgan fingerprint density at radius 2 is 1.90 bits per heavy atom. The van der Waals surface area contributed by atoms with E-state index in [9.17, 15) is 4.39 Å². The number of hydrogen-bond acceptors (Lipinski definition) is 2. The zero-order chi connectivity index (χ0) is 14.7. The second kappa shape index (κ2) is 6.10. The topological polar surface area (TPSA) is 40.7 Å². The summed E-state index contributed by atoms with van der Waals surface area (Å²) in [5.74, 6) is -0.283. The van der Waals surface area contributed by atoms with Gasteiger partial charge in [-0.1, -0.05) is 36.4 Å². The van der Waals surface area contributed by atoms with Crippen LogP contribution in [0.3, 0.4) is 0 Å². The summed E-state index contributed by atoms with van der Waals surface area (Å²) in [4.78, 5) is 0. The number of para-hydroxylation sites is 1. The lowest BCUT2D eigenvalue weighted by Gasteiger charge is -2.10. The largest absolute Gasteiger partial charge is 0.378 e. The molecule has 3 nitrogen and oxygen atoms in total. The van der Waals surface area contributed by atoms with E-state index in [1.165, 1.54) is 6.07 Å². The zero-order valence-corrected chi connectivity index (χ0v) is 12.7. The van der Waals surface area contributed by atoms with E-state index < -0.39 is 0 Å². The SMILES string of the molecule is Fc1cccc(Br)c1NCc1cn[nH]c1-c1ccccc1. The Labute approximate surface area is 130 Å². The van der Waals surface area contributed by atoms with Crippen LogP contribution in [0.2, 0.25) is 0 Å². The van der Waals surface area contributed by atoms with Gasteiger partial charge in [-0.25, -0.2) is 4.39 Å². The molecule has 0 unspecified atom stereocenters. The van der Waals surface area contributed by atoms with Crippen molar-refractivity contribution >= 4 is 21.6 Å². The van der Waals surface area contributed by atoms with Crippen molar-refractivity contribution in [3.05, 3.63) is 70.6 Å². The number of nitrogens with one attached hydrogen (secondary N) is 2. The first-order valence-corrected chi connectivity index (χ1v) is 7.30. The minimum atomic E-state index is -0.283. The highest BCUT2D eigenvalue weighted by Crippen LogP contribution is 2.27. The first-order valence-electron chi connectivity index (χ1n) is 6.51. The molecule has 0 aliphatic heterocycles. The maximum absolute atomic E-state index is 13.8. The molecule has 3 rings (SSSR count). The summed E-state index contributed by atoms with van der Waals surface area (Å²) in [5.41, 5.74) is 3.43. The van der Waals surface area contributed by atoms with Gasteiger partial charge in [-0.15, -0.1) is 0 Å². The molecule has 2 N–H and O–H groups in total. The average Bonchev–Trinajstić information content (AvgIpc) is 2.96. The second-order valence-corrected chi connectivity index (χ2v) is 5.44. The Balaban J connectivity index is 1.83. The third-order valence-electron chi connectivity index (χ3n) is 3.20. The van der Waals surface area contributed by atoms with Crippen LogP contribution in [-0.4, -0.2) is 10.2 Å². The Bertz CT molecular complexity index is 720. The maximum atomic E-state index is 13.8. The van der Waals surface area contributed by atoms with Gasteiger partial charge < -0.3 is 5.32 Å². The molecule has 0 amide bonds. The second-order valence-electron chi connectivity index (χ2n) is 4.59. The molecule has 0 saturated carbocycles. The quantitative estimate of drug-likeness (QED) is 0.725. The van der Waals surface area contributed by atoms with Gasteiger partial charge in [-0.3, -0.25) is 5.10 Å². The third-order valence-corrected chi connectivity index (χ3v) is 3.86. The number of aromatic amines is 1. The molecule has 0 aliphatic rings. The van der Waals surface area contributed by atoms with Crippen LogP contribution < -0.4 is 5.32 Å². The van der Waals surface area contributed by atoms with E-state index in [2.05, 4.69) is 31.4 Å². The van der Waals surface area contributed by atoms with Gasteiger partial charge in [0.15, 0.2) is 0 Å². The molecule has 21 heavy (non-hydrogen) atoms. The van der Waals surface area contributed by atoms with Gasteiger partial charge in [0.05, 0.1) is 17.6 Å². The van der Waals surface area contributed by atoms with Gasteiger partial charge in [-0.05, 0) is 33.6 Å². The van der Waals surface area contributed by atoms with Crippen LogP contribution in [0.4, 0.5) is 10.1 Å². The molecular formula is C16H13BrFN3. The van der Waals surface area contributed by atoms with E-state index in [1.807, 2.05) is 30.3 Å². The fraction of sp³-hybridized carbons (Fsp3) is 0.0625. The summed E-state index contributed by atoms with van der Waals surface area (Å²) in [5, 5.41) is 10.2. The minimum Gasteiger partial charge on any atom is -0.378 e. The molecule has 0 fully saturated rings. The van der Waals surface area contributed by atoms with Crippen LogP contribution in [0.5, 0.6) is 0 Å². The lowest BCUT2D eigenvalue weighted by molar-refractivity contribution is 0.629. The first kappa shape index (κ1) is 13.8. The highest BCUT2D eigenvalue weighted by atomic mass is 79.9. The lowest BCUT2D eigenvalue weighted by atomic mass is 10.1. The van der Waals surface area contributed by atoms with Crippen molar-refractivity contribution in [1.29, 1.82) is 0 Å². The van der Waals surface area contributed by atoms with Crippen molar-refractivity contribution in [2.45, 2.75) is 6.54 Å². The molecular weight excluding hydrogens is 333 g/mol. The molecule has 0 saturated heterocycles. The molecule has 0 atom stereocenters. The van der Waals surface area contributed by atoms with Crippen molar-refractivity contribution in [2.24, 2.45) is 0 Å². The van der Waals surface area contributed by atoms with Gasteiger partial charge in [0.2, 0.25) is 0 Å². The summed E-state index contributed by atoms with van der Waals surface area (Å²) >= 11 is 3.35. The summed E-state index contributed by atoms with van der Waals surface area (Å²) in [6.07, 6.45) is 1.75. The van der Waals surface area contributed by atoms with Crippen LogP contribution in [0.25, 0.3) is 11.3 Å². The summed E-state index contributed by atoms with van der Waals surface area (Å²) in [6, 6.07) is 14.8. The molecule has 1 heterocycles. The van der Waals surface area contributed by atoms with Crippen LogP contribution in [-0.2, 0) is 6.54 Å². The Kier molecular flexibility index (Phi) is 4.01. The van der Waals surface area contributed by atoms with Crippen LogP contribution in [0.1, 0.15) is 5.56 Å². The summed E-state index contributed by atoms with van der Waals surface area (Å²) in [6.45, 7) is 0.486. The van der Waals surface area contributed by atoms with E-state index in [4.69, 9.17) is 0 Å². The predicted molar refractivity (Wildman–Crippen MR) is 85.5 cm³/mol. The number of nitrogens with zero attached hydrogens (tertiary/aromatic N) is 1. The van der Waals surface area contributed by atoms with E-state index >= 15 is 0 Å². The Morgan fingerprint density at radius 3 is 2.67 bits per heavy atom. The molecule has 1 aromatic heterocycles. The van der Waals surface area contributed by atoms with Gasteiger partial charge in [-0.2, -0.15) is 5.10 Å². The average molecular weight is 346 g/mol. The van der Waals surface area contributed by atoms with Crippen molar-refractivity contribution in [2.75, 3.05) is 5.32 Å². The molecule has 5 heteroatoms. The van der Waals surface area contributed by atoms with Crippen molar-refractivity contribution in [3.8, 4) is 11.3 Å². The summed E-state index contributed by atoms with van der Waals surface area (Å²) in [7, 11) is 0. The molecule has 3 aromatic rings. The van der Waals surface area contributed by atoms with Gasteiger partial charge >= 0.3 is 0 Å². The highest BCUT2D eigenvalue weighted by Gasteiger charge is 2.10. The van der Waals surface area contributed by atoms with Crippen molar-refractivity contribution < 1.29 is 4.39 Å². The Morgan fingerprint density at radius 1 is 1.10 bits per heavy atom. The van der Waals surface area contributed by atoms with E-state index in [-0.39, 0.29) is 5.82 Å². The fourth-order valence-electron chi connectivity index (χ4n) is 2.15. The first-order chi connectivity index (χ1) is 10.3. The highest BCUT2D eigenvalue weighted by molar-refractivity contribution is 9.10. The molecule has 0 spiro atoms. The smallest absolute Gasteiger partial charge is 0.147 e. The van der Waals surface area contributed by atoms with Crippen LogP contribution >= 0.6 is 15.9 Å². The van der Waals surface area contributed by atoms with Gasteiger partial charge in [0.1, 0.15) is 5.82 Å². The fourth-order valence-corrected chi connectivity index (χ4v) is 2.63. The van der Waals surface area contributed by atoms with E-state index in [1.54, 1.807) is 18.3 Å². The number of benzene rings is 2. The van der Waals surface area contributed by atoms with Crippen molar-refractivity contribution in [1.82, 2.24) is 10.2 Å². The zero-order valence-electron chi connectivity index (χ0n) is 11.1. The molecule has 2 aromatic carbocycles. The van der Waals surface area contributed by atoms with Crippen LogP contribution in [0, 0.1) is 5.82 Å². The van der Waals surface area contributed by atoms with E-state index in [0.29, 0.717) is 16.7 Å². The minimum absolute atomic E-state index is 0.283. The number of H-pyrrole nitrogens is 1. The van der Waals surface area contributed by atoms with E-state index in [0.717, 1.165) is 16.8 Å².